The van der Waals surface area contributed by atoms with Crippen molar-refractivity contribution in [2.75, 3.05) is 44.3 Å². The van der Waals surface area contributed by atoms with Gasteiger partial charge in [0.1, 0.15) is 17.7 Å². The van der Waals surface area contributed by atoms with E-state index in [1.807, 2.05) is 13.8 Å². The molecule has 1 atom stereocenters. The van der Waals surface area contributed by atoms with Gasteiger partial charge in [-0.3, -0.25) is 4.79 Å². The maximum atomic E-state index is 12.1. The lowest BCUT2D eigenvalue weighted by atomic mass is 9.92. The van der Waals surface area contributed by atoms with Crippen molar-refractivity contribution in [3.05, 3.63) is 17.6 Å². The summed E-state index contributed by atoms with van der Waals surface area (Å²) in [6.07, 6.45) is 1.35. The van der Waals surface area contributed by atoms with Gasteiger partial charge >= 0.3 is 0 Å². The predicted molar refractivity (Wildman–Crippen MR) is 94.7 cm³/mol. The number of hydrogen-bond acceptors (Lipinski definition) is 6. The molecule has 1 amide bonds. The Bertz CT molecular complexity index is 596. The lowest BCUT2D eigenvalue weighted by Crippen LogP contribution is -2.43. The number of nitrogens with zero attached hydrogens (tertiary/aromatic N) is 4. The van der Waals surface area contributed by atoms with Crippen molar-refractivity contribution in [3.63, 3.8) is 0 Å². The van der Waals surface area contributed by atoms with Gasteiger partial charge in [0.25, 0.3) is 5.91 Å². The first-order chi connectivity index (χ1) is 12.1. The van der Waals surface area contributed by atoms with Crippen molar-refractivity contribution >= 4 is 11.7 Å². The minimum absolute atomic E-state index is 0.145. The second-order valence-corrected chi connectivity index (χ2v) is 6.82. The first-order valence-corrected chi connectivity index (χ1v) is 9.23. The van der Waals surface area contributed by atoms with Gasteiger partial charge in [-0.25, -0.2) is 9.97 Å². The minimum atomic E-state index is -0.870. The summed E-state index contributed by atoms with van der Waals surface area (Å²) < 4.78 is 5.42. The Morgan fingerprint density at radius 2 is 1.96 bits per heavy atom. The molecule has 2 aliphatic heterocycles. The van der Waals surface area contributed by atoms with Crippen LogP contribution in [0.2, 0.25) is 0 Å². The Kier molecular flexibility index (Phi) is 5.86. The third-order valence-electron chi connectivity index (χ3n) is 5.08. The predicted octanol–water partition coefficient (Wildman–Crippen LogP) is 1.10. The number of piperidine rings is 1. The van der Waals surface area contributed by atoms with Crippen molar-refractivity contribution in [3.8, 4) is 0 Å². The highest BCUT2D eigenvalue weighted by Gasteiger charge is 2.28. The number of morpholine rings is 1. The molecule has 7 nitrogen and oxygen atoms in total. The van der Waals surface area contributed by atoms with Gasteiger partial charge in [-0.15, -0.1) is 0 Å². The van der Waals surface area contributed by atoms with Crippen LogP contribution < -0.4 is 4.90 Å². The van der Waals surface area contributed by atoms with Crippen molar-refractivity contribution in [1.29, 1.82) is 0 Å². The number of anilines is 1. The van der Waals surface area contributed by atoms with Crippen LogP contribution in [-0.4, -0.2) is 71.4 Å². The molecule has 0 aromatic carbocycles. The number of likely N-dealkylation sites (tertiary alicyclic amines) is 1. The van der Waals surface area contributed by atoms with E-state index in [0.29, 0.717) is 25.4 Å². The summed E-state index contributed by atoms with van der Waals surface area (Å²) in [7, 11) is 0. The summed E-state index contributed by atoms with van der Waals surface area (Å²) in [6.45, 7) is 8.30. The SMILES string of the molecule is CC[C@H](O)C(=O)N1CCC(c2cc(N3CCOCC3)nc(C)n2)CC1. The van der Waals surface area contributed by atoms with Crippen molar-refractivity contribution in [1.82, 2.24) is 14.9 Å². The van der Waals surface area contributed by atoms with E-state index in [0.717, 1.165) is 56.5 Å². The van der Waals surface area contributed by atoms with E-state index in [2.05, 4.69) is 20.9 Å². The largest absolute Gasteiger partial charge is 0.383 e. The highest BCUT2D eigenvalue weighted by Crippen LogP contribution is 2.29. The van der Waals surface area contributed by atoms with E-state index < -0.39 is 6.10 Å². The number of aliphatic hydroxyl groups excluding tert-OH is 1. The molecule has 138 valence electrons. The molecule has 1 N–H and O–H groups in total. The summed E-state index contributed by atoms with van der Waals surface area (Å²) in [5.41, 5.74) is 1.07. The van der Waals surface area contributed by atoms with Gasteiger partial charge in [0.2, 0.25) is 0 Å². The van der Waals surface area contributed by atoms with Crippen LogP contribution in [0, 0.1) is 6.92 Å². The maximum absolute atomic E-state index is 12.1. The number of carbonyl (C=O) groups is 1. The molecule has 7 heteroatoms. The van der Waals surface area contributed by atoms with Crippen LogP contribution in [-0.2, 0) is 9.53 Å². The van der Waals surface area contributed by atoms with Crippen LogP contribution in [0.25, 0.3) is 0 Å². The lowest BCUT2D eigenvalue weighted by Gasteiger charge is -2.33. The van der Waals surface area contributed by atoms with Crippen LogP contribution in [0.4, 0.5) is 5.82 Å². The van der Waals surface area contributed by atoms with Crippen LogP contribution in [0.5, 0.6) is 0 Å². The number of amides is 1. The van der Waals surface area contributed by atoms with Gasteiger partial charge in [-0.2, -0.15) is 0 Å². The van der Waals surface area contributed by atoms with Gasteiger partial charge in [0.15, 0.2) is 0 Å². The smallest absolute Gasteiger partial charge is 0.251 e. The Labute approximate surface area is 149 Å². The number of ether oxygens (including phenoxy) is 1. The molecule has 0 bridgehead atoms. The molecular formula is C18H28N4O3. The summed E-state index contributed by atoms with van der Waals surface area (Å²) in [5, 5.41) is 9.75. The molecule has 2 fully saturated rings. The zero-order valence-electron chi connectivity index (χ0n) is 15.1. The van der Waals surface area contributed by atoms with Gasteiger partial charge in [-0.05, 0) is 26.2 Å². The van der Waals surface area contributed by atoms with E-state index in [1.165, 1.54) is 0 Å². The monoisotopic (exact) mass is 348 g/mol. The number of aliphatic hydroxyl groups is 1. The average Bonchev–Trinajstić information content (AvgIpc) is 2.67. The maximum Gasteiger partial charge on any atom is 0.251 e. The second kappa shape index (κ2) is 8.10. The molecule has 0 saturated carbocycles. The number of rotatable bonds is 4. The molecule has 3 rings (SSSR count). The molecule has 2 aliphatic rings. The number of aromatic nitrogens is 2. The van der Waals surface area contributed by atoms with Crippen LogP contribution in [0.1, 0.15) is 43.6 Å². The Morgan fingerprint density at radius 3 is 2.60 bits per heavy atom. The summed E-state index contributed by atoms with van der Waals surface area (Å²) >= 11 is 0. The first kappa shape index (κ1) is 18.1. The summed E-state index contributed by atoms with van der Waals surface area (Å²) in [4.78, 5) is 25.4. The van der Waals surface area contributed by atoms with Gasteiger partial charge in [0, 0.05) is 43.9 Å². The average molecular weight is 348 g/mol. The van der Waals surface area contributed by atoms with Crippen molar-refractivity contribution < 1.29 is 14.6 Å². The molecule has 0 aliphatic carbocycles. The van der Waals surface area contributed by atoms with E-state index in [9.17, 15) is 9.90 Å². The quantitative estimate of drug-likeness (QED) is 0.878. The van der Waals surface area contributed by atoms with Gasteiger partial charge < -0.3 is 19.6 Å². The van der Waals surface area contributed by atoms with Gasteiger partial charge in [-0.1, -0.05) is 6.92 Å². The second-order valence-electron chi connectivity index (χ2n) is 6.82. The van der Waals surface area contributed by atoms with E-state index >= 15 is 0 Å². The zero-order chi connectivity index (χ0) is 17.8. The minimum Gasteiger partial charge on any atom is -0.383 e. The summed E-state index contributed by atoms with van der Waals surface area (Å²) in [6, 6.07) is 2.10. The van der Waals surface area contributed by atoms with E-state index in [-0.39, 0.29) is 5.91 Å². The fraction of sp³-hybridized carbons (Fsp3) is 0.722. The normalized spacial score (nSPS) is 20.6. The van der Waals surface area contributed by atoms with E-state index in [1.54, 1.807) is 4.90 Å². The molecule has 1 aromatic rings. The number of hydrogen-bond donors (Lipinski definition) is 1. The standard InChI is InChI=1S/C18H28N4O3/c1-3-16(23)18(24)22-6-4-14(5-7-22)15-12-17(20-13(2)19-15)21-8-10-25-11-9-21/h12,14,16,23H,3-11H2,1-2H3/t16-/m0/s1. The molecule has 2 saturated heterocycles. The van der Waals surface area contributed by atoms with Crippen LogP contribution in [0.15, 0.2) is 6.07 Å². The van der Waals surface area contributed by atoms with Crippen molar-refractivity contribution in [2.45, 2.75) is 45.1 Å². The molecule has 25 heavy (non-hydrogen) atoms. The topological polar surface area (TPSA) is 78.8 Å². The first-order valence-electron chi connectivity index (χ1n) is 9.23. The van der Waals surface area contributed by atoms with Crippen molar-refractivity contribution in [2.24, 2.45) is 0 Å². The third kappa shape index (κ3) is 4.27. The zero-order valence-corrected chi connectivity index (χ0v) is 15.1. The fourth-order valence-corrected chi connectivity index (χ4v) is 3.52. The fourth-order valence-electron chi connectivity index (χ4n) is 3.52. The van der Waals surface area contributed by atoms with E-state index in [4.69, 9.17) is 4.74 Å². The Morgan fingerprint density at radius 1 is 1.28 bits per heavy atom. The Balaban J connectivity index is 1.66. The lowest BCUT2D eigenvalue weighted by molar-refractivity contribution is -0.141. The molecule has 0 spiro atoms. The highest BCUT2D eigenvalue weighted by atomic mass is 16.5. The number of aryl methyl sites for hydroxylation is 1. The van der Waals surface area contributed by atoms with Crippen LogP contribution in [0.3, 0.4) is 0 Å². The Hall–Kier alpha value is -1.73. The highest BCUT2D eigenvalue weighted by molar-refractivity contribution is 5.80. The third-order valence-corrected chi connectivity index (χ3v) is 5.08. The molecule has 1 aromatic heterocycles. The summed E-state index contributed by atoms with van der Waals surface area (Å²) in [5.74, 6) is 1.96. The molecule has 0 radical (unpaired) electrons. The molecule has 0 unspecified atom stereocenters. The van der Waals surface area contributed by atoms with Gasteiger partial charge in [0.05, 0.1) is 13.2 Å². The number of carbonyl (C=O) groups excluding carboxylic acids is 1. The molecular weight excluding hydrogens is 320 g/mol. The van der Waals surface area contributed by atoms with Crippen LogP contribution >= 0.6 is 0 Å². The molecule has 3 heterocycles.